The van der Waals surface area contributed by atoms with Crippen LogP contribution >= 0.6 is 0 Å². The Labute approximate surface area is 69.2 Å². The minimum Gasteiger partial charge on any atom is -0.392 e. The molecular weight excluding hydrogens is 138 g/mol. The third-order valence-corrected chi connectivity index (χ3v) is 2.88. The minimum atomic E-state index is -0.0826. The summed E-state index contributed by atoms with van der Waals surface area (Å²) in [5, 5.41) is 9.32. The van der Waals surface area contributed by atoms with Crippen molar-refractivity contribution in [2.45, 2.75) is 45.3 Å². The van der Waals surface area contributed by atoms with Gasteiger partial charge in [0, 0.05) is 18.6 Å². The van der Waals surface area contributed by atoms with Gasteiger partial charge in [0.25, 0.3) is 0 Å². The zero-order valence-electron chi connectivity index (χ0n) is 7.80. The fourth-order valence-corrected chi connectivity index (χ4v) is 1.52. The molecule has 1 N–H and O–H groups in total. The fourth-order valence-electron chi connectivity index (χ4n) is 1.52. The molecule has 1 heterocycles. The third-order valence-electron chi connectivity index (χ3n) is 2.88. The Morgan fingerprint density at radius 3 is 2.55 bits per heavy atom. The van der Waals surface area contributed by atoms with Crippen molar-refractivity contribution in [1.82, 2.24) is 4.90 Å². The number of nitrogens with zero attached hydrogens (tertiary/aromatic N) is 1. The van der Waals surface area contributed by atoms with Crippen molar-refractivity contribution >= 4 is 0 Å². The van der Waals surface area contributed by atoms with Crippen molar-refractivity contribution in [3.8, 4) is 0 Å². The average molecular weight is 157 g/mol. The fraction of sp³-hybridized carbons (Fsp3) is 1.00. The van der Waals surface area contributed by atoms with E-state index in [0.29, 0.717) is 0 Å². The summed E-state index contributed by atoms with van der Waals surface area (Å²) in [5.41, 5.74) is 0.275. The lowest BCUT2D eigenvalue weighted by atomic mass is 10.0. The second-order valence-corrected chi connectivity index (χ2v) is 4.05. The van der Waals surface area contributed by atoms with Gasteiger partial charge in [-0.2, -0.15) is 0 Å². The number of hydrogen-bond acceptors (Lipinski definition) is 2. The minimum absolute atomic E-state index is 0.0826. The second-order valence-electron chi connectivity index (χ2n) is 4.05. The van der Waals surface area contributed by atoms with Crippen molar-refractivity contribution in [2.24, 2.45) is 0 Å². The molecule has 0 aromatic heterocycles. The van der Waals surface area contributed by atoms with Crippen molar-refractivity contribution in [3.05, 3.63) is 0 Å². The van der Waals surface area contributed by atoms with Crippen LogP contribution in [0.1, 0.15) is 33.6 Å². The summed E-state index contributed by atoms with van der Waals surface area (Å²) < 4.78 is 0. The van der Waals surface area contributed by atoms with E-state index in [1.807, 2.05) is 0 Å². The first kappa shape index (κ1) is 9.01. The number of rotatable bonds is 2. The van der Waals surface area contributed by atoms with E-state index in [1.54, 1.807) is 0 Å². The van der Waals surface area contributed by atoms with Crippen molar-refractivity contribution < 1.29 is 5.11 Å². The van der Waals surface area contributed by atoms with Crippen LogP contribution in [-0.4, -0.2) is 34.7 Å². The van der Waals surface area contributed by atoms with Gasteiger partial charge in [0.1, 0.15) is 0 Å². The lowest BCUT2D eigenvalue weighted by Gasteiger charge is -2.34. The van der Waals surface area contributed by atoms with Gasteiger partial charge in [-0.15, -0.1) is 0 Å². The zero-order valence-corrected chi connectivity index (χ0v) is 7.80. The molecule has 0 aliphatic carbocycles. The first-order valence-electron chi connectivity index (χ1n) is 4.49. The molecule has 1 atom stereocenters. The van der Waals surface area contributed by atoms with E-state index in [1.165, 1.54) is 0 Å². The maximum absolute atomic E-state index is 9.32. The van der Waals surface area contributed by atoms with E-state index in [-0.39, 0.29) is 11.6 Å². The van der Waals surface area contributed by atoms with E-state index in [0.717, 1.165) is 25.9 Å². The van der Waals surface area contributed by atoms with Gasteiger partial charge in [0.2, 0.25) is 0 Å². The topological polar surface area (TPSA) is 23.5 Å². The van der Waals surface area contributed by atoms with Crippen LogP contribution in [0.15, 0.2) is 0 Å². The average Bonchev–Trinajstić information content (AvgIpc) is 2.36. The molecule has 0 aromatic carbocycles. The standard InChI is InChI=1S/C9H19NO/c1-4-9(2,3)10-6-5-8(11)7-10/h8,11H,4-7H2,1-3H3/t8-/m1/s1. The van der Waals surface area contributed by atoms with Crippen molar-refractivity contribution in [3.63, 3.8) is 0 Å². The highest BCUT2D eigenvalue weighted by Crippen LogP contribution is 2.23. The Morgan fingerprint density at radius 2 is 2.18 bits per heavy atom. The Hall–Kier alpha value is -0.0800. The molecule has 1 rings (SSSR count). The predicted molar refractivity (Wildman–Crippen MR) is 46.6 cm³/mol. The van der Waals surface area contributed by atoms with Crippen molar-refractivity contribution in [1.29, 1.82) is 0 Å². The Kier molecular flexibility index (Phi) is 2.55. The van der Waals surface area contributed by atoms with Gasteiger partial charge in [-0.05, 0) is 26.7 Å². The number of likely N-dealkylation sites (tertiary alicyclic amines) is 1. The molecule has 0 saturated carbocycles. The molecule has 0 radical (unpaired) electrons. The molecule has 0 amide bonds. The van der Waals surface area contributed by atoms with Crippen LogP contribution in [0, 0.1) is 0 Å². The van der Waals surface area contributed by atoms with Gasteiger partial charge < -0.3 is 5.11 Å². The van der Waals surface area contributed by atoms with Crippen LogP contribution in [0.2, 0.25) is 0 Å². The predicted octanol–water partition coefficient (Wildman–Crippen LogP) is 1.24. The Bertz CT molecular complexity index is 134. The maximum Gasteiger partial charge on any atom is 0.0679 e. The molecule has 2 heteroatoms. The summed E-state index contributed by atoms with van der Waals surface area (Å²) in [4.78, 5) is 2.37. The molecule has 0 aromatic rings. The van der Waals surface area contributed by atoms with Crippen molar-refractivity contribution in [2.75, 3.05) is 13.1 Å². The number of β-amino-alcohol motifs (C(OH)–C–C–N with tert-alkyl or cyclic N) is 1. The highest BCUT2D eigenvalue weighted by Gasteiger charge is 2.30. The summed E-state index contributed by atoms with van der Waals surface area (Å²) >= 11 is 0. The quantitative estimate of drug-likeness (QED) is 0.652. The molecule has 2 nitrogen and oxygen atoms in total. The van der Waals surface area contributed by atoms with Crippen LogP contribution in [0.25, 0.3) is 0 Å². The monoisotopic (exact) mass is 157 g/mol. The number of aliphatic hydroxyl groups is 1. The van der Waals surface area contributed by atoms with Gasteiger partial charge in [-0.3, -0.25) is 4.90 Å². The first-order chi connectivity index (χ1) is 5.06. The molecule has 66 valence electrons. The molecule has 1 aliphatic heterocycles. The molecule has 0 bridgehead atoms. The van der Waals surface area contributed by atoms with Crippen LogP contribution in [-0.2, 0) is 0 Å². The lowest BCUT2D eigenvalue weighted by molar-refractivity contribution is 0.115. The van der Waals surface area contributed by atoms with Crippen LogP contribution < -0.4 is 0 Å². The van der Waals surface area contributed by atoms with E-state index in [4.69, 9.17) is 0 Å². The Balaban J connectivity index is 2.48. The van der Waals surface area contributed by atoms with Gasteiger partial charge in [-0.1, -0.05) is 6.92 Å². The maximum atomic E-state index is 9.32. The first-order valence-corrected chi connectivity index (χ1v) is 4.49. The number of aliphatic hydroxyl groups excluding tert-OH is 1. The van der Waals surface area contributed by atoms with E-state index >= 15 is 0 Å². The van der Waals surface area contributed by atoms with Crippen LogP contribution in [0.4, 0.5) is 0 Å². The lowest BCUT2D eigenvalue weighted by Crippen LogP contribution is -2.42. The summed E-state index contributed by atoms with van der Waals surface area (Å²) in [6.07, 6.45) is 2.02. The van der Waals surface area contributed by atoms with E-state index in [2.05, 4.69) is 25.7 Å². The van der Waals surface area contributed by atoms with Gasteiger partial charge in [0.05, 0.1) is 6.10 Å². The zero-order chi connectivity index (χ0) is 8.48. The van der Waals surface area contributed by atoms with Crippen LogP contribution in [0.3, 0.4) is 0 Å². The molecule has 0 unspecified atom stereocenters. The number of hydrogen-bond donors (Lipinski definition) is 1. The smallest absolute Gasteiger partial charge is 0.0679 e. The molecule has 1 aliphatic rings. The molecular formula is C9H19NO. The van der Waals surface area contributed by atoms with Gasteiger partial charge in [-0.25, -0.2) is 0 Å². The highest BCUT2D eigenvalue weighted by molar-refractivity contribution is 4.86. The normalized spacial score (nSPS) is 27.8. The summed E-state index contributed by atoms with van der Waals surface area (Å²) in [6, 6.07) is 0. The van der Waals surface area contributed by atoms with Crippen LogP contribution in [0.5, 0.6) is 0 Å². The van der Waals surface area contributed by atoms with Gasteiger partial charge >= 0.3 is 0 Å². The molecule has 1 saturated heterocycles. The summed E-state index contributed by atoms with van der Waals surface area (Å²) in [5.74, 6) is 0. The van der Waals surface area contributed by atoms with E-state index in [9.17, 15) is 5.11 Å². The van der Waals surface area contributed by atoms with E-state index < -0.39 is 0 Å². The SMILES string of the molecule is CCC(C)(C)N1CC[C@@H](O)C1. The highest BCUT2D eigenvalue weighted by atomic mass is 16.3. The second kappa shape index (κ2) is 3.11. The largest absolute Gasteiger partial charge is 0.392 e. The molecule has 1 fully saturated rings. The molecule has 0 spiro atoms. The van der Waals surface area contributed by atoms with Gasteiger partial charge in [0.15, 0.2) is 0 Å². The third kappa shape index (κ3) is 1.94. The summed E-state index contributed by atoms with van der Waals surface area (Å²) in [7, 11) is 0. The summed E-state index contributed by atoms with van der Waals surface area (Å²) in [6.45, 7) is 8.60. The molecule has 11 heavy (non-hydrogen) atoms. The Morgan fingerprint density at radius 1 is 1.55 bits per heavy atom.